The second-order valence-corrected chi connectivity index (χ2v) is 7.41. The highest BCUT2D eigenvalue weighted by atomic mass is 79.9. The average Bonchev–Trinajstić information content (AvgIpc) is 2.70. The first kappa shape index (κ1) is 13.6. The van der Waals surface area contributed by atoms with Crippen molar-refractivity contribution >= 4 is 15.9 Å². The summed E-state index contributed by atoms with van der Waals surface area (Å²) >= 11 is 3.48. The van der Waals surface area contributed by atoms with Crippen LogP contribution in [0.3, 0.4) is 0 Å². The molecule has 4 rings (SSSR count). The monoisotopic (exact) mass is 349 g/mol. The molecule has 112 valence electrons. The lowest BCUT2D eigenvalue weighted by Gasteiger charge is -2.36. The molecule has 0 saturated carbocycles. The molecule has 0 radical (unpaired) electrons. The van der Waals surface area contributed by atoms with Crippen LogP contribution in [0.25, 0.3) is 0 Å². The lowest BCUT2D eigenvalue weighted by molar-refractivity contribution is 0.0660. The normalized spacial score (nSPS) is 31.3. The molecule has 3 aliphatic rings. The fraction of sp³-hybridized carbons (Fsp3) is 0.529. The van der Waals surface area contributed by atoms with Gasteiger partial charge in [-0.25, -0.2) is 0 Å². The first-order chi connectivity index (χ1) is 10.2. The smallest absolute Gasteiger partial charge is 0.133 e. The van der Waals surface area contributed by atoms with Gasteiger partial charge in [0.2, 0.25) is 0 Å². The molecule has 2 unspecified atom stereocenters. The molecule has 0 amide bonds. The Bertz CT molecular complexity index is 572. The van der Waals surface area contributed by atoms with E-state index in [9.17, 15) is 0 Å². The summed E-state index contributed by atoms with van der Waals surface area (Å²) < 4.78 is 13.0. The molecule has 3 nitrogen and oxygen atoms in total. The molecule has 0 spiro atoms. The number of benzene rings is 1. The quantitative estimate of drug-likeness (QED) is 0.809. The molecule has 21 heavy (non-hydrogen) atoms. The second kappa shape index (κ2) is 5.33. The van der Waals surface area contributed by atoms with Crippen molar-refractivity contribution in [3.05, 3.63) is 34.5 Å². The maximum atomic E-state index is 6.24. The summed E-state index contributed by atoms with van der Waals surface area (Å²) in [6, 6.07) is 7.64. The van der Waals surface area contributed by atoms with Crippen molar-refractivity contribution in [1.29, 1.82) is 0 Å². The molecule has 3 aliphatic heterocycles. The molecule has 0 aromatic heterocycles. The molecular weight excluding hydrogens is 330 g/mol. The van der Waals surface area contributed by atoms with E-state index in [-0.39, 0.29) is 0 Å². The van der Waals surface area contributed by atoms with Crippen LogP contribution in [-0.4, -0.2) is 30.1 Å². The Morgan fingerprint density at radius 3 is 2.76 bits per heavy atom. The zero-order chi connectivity index (χ0) is 14.4. The maximum absolute atomic E-state index is 6.24. The van der Waals surface area contributed by atoms with E-state index in [2.05, 4.69) is 40.0 Å². The van der Waals surface area contributed by atoms with Gasteiger partial charge in [-0.15, -0.1) is 0 Å². The van der Waals surface area contributed by atoms with Crippen LogP contribution in [0.15, 0.2) is 28.9 Å². The Morgan fingerprint density at radius 2 is 2.00 bits per heavy atom. The molecule has 2 fully saturated rings. The van der Waals surface area contributed by atoms with E-state index in [1.165, 1.54) is 18.4 Å². The molecule has 1 aromatic rings. The predicted octanol–water partition coefficient (Wildman–Crippen LogP) is 3.86. The Balaban J connectivity index is 1.47. The molecule has 3 heterocycles. The number of rotatable bonds is 2. The summed E-state index contributed by atoms with van der Waals surface area (Å²) in [5.41, 5.74) is 1.21. The number of hydrogen-bond acceptors (Lipinski definition) is 3. The summed E-state index contributed by atoms with van der Waals surface area (Å²) in [4.78, 5) is 2.54. The minimum absolute atomic E-state index is 0.350. The van der Waals surface area contributed by atoms with E-state index in [0.29, 0.717) is 18.2 Å². The van der Waals surface area contributed by atoms with E-state index >= 15 is 0 Å². The van der Waals surface area contributed by atoms with Crippen LogP contribution in [0.4, 0.5) is 0 Å². The second-order valence-electron chi connectivity index (χ2n) is 6.39. The number of nitrogens with zero attached hydrogens (tertiary/aromatic N) is 1. The third-order valence-electron chi connectivity index (χ3n) is 5.07. The highest BCUT2D eigenvalue weighted by Gasteiger charge is 2.39. The van der Waals surface area contributed by atoms with Crippen molar-refractivity contribution in [2.75, 3.05) is 7.05 Å². The molecule has 4 heteroatoms. The molecular formula is C17H20BrNO2. The lowest BCUT2D eigenvalue weighted by atomic mass is 10.0. The topological polar surface area (TPSA) is 21.7 Å². The van der Waals surface area contributed by atoms with Gasteiger partial charge >= 0.3 is 0 Å². The zero-order valence-electron chi connectivity index (χ0n) is 12.2. The third kappa shape index (κ3) is 2.59. The fourth-order valence-corrected chi connectivity index (χ4v) is 4.26. The van der Waals surface area contributed by atoms with Crippen LogP contribution in [0.2, 0.25) is 0 Å². The van der Waals surface area contributed by atoms with Crippen LogP contribution in [0.5, 0.6) is 11.5 Å². The summed E-state index contributed by atoms with van der Waals surface area (Å²) in [6.07, 6.45) is 7.96. The van der Waals surface area contributed by atoms with E-state index in [1.807, 2.05) is 6.07 Å². The van der Waals surface area contributed by atoms with E-state index in [4.69, 9.17) is 9.47 Å². The molecule has 1 aromatic carbocycles. The number of piperidine rings is 1. The van der Waals surface area contributed by atoms with E-state index < -0.39 is 0 Å². The lowest BCUT2D eigenvalue weighted by Crippen LogP contribution is -2.43. The Kier molecular flexibility index (Phi) is 3.46. The van der Waals surface area contributed by atoms with Gasteiger partial charge in [-0.05, 0) is 38.8 Å². The van der Waals surface area contributed by atoms with Gasteiger partial charge in [-0.3, -0.25) is 0 Å². The van der Waals surface area contributed by atoms with Crippen LogP contribution < -0.4 is 9.47 Å². The summed E-state index contributed by atoms with van der Waals surface area (Å²) in [6.45, 7) is 0. The number of fused-ring (bicyclic) bond motifs is 3. The van der Waals surface area contributed by atoms with Crippen molar-refractivity contribution in [1.82, 2.24) is 4.90 Å². The van der Waals surface area contributed by atoms with Crippen LogP contribution in [0, 0.1) is 0 Å². The standard InChI is InChI=1S/C17H20BrNO2/c1-19-13-3-4-14(19)8-16(7-13)21-15-5-2-11-6-12(18)10-20-17(11)9-15/h2,5,9-10,13-14,16H,3-4,6-8H2,1H3. The largest absolute Gasteiger partial charge is 0.490 e. The van der Waals surface area contributed by atoms with Crippen LogP contribution >= 0.6 is 15.9 Å². The van der Waals surface area contributed by atoms with Crippen LogP contribution in [0.1, 0.15) is 31.2 Å². The van der Waals surface area contributed by atoms with Gasteiger partial charge in [0.05, 0.1) is 0 Å². The fourth-order valence-electron chi connectivity index (χ4n) is 3.87. The Hall–Kier alpha value is -1.00. The van der Waals surface area contributed by atoms with Gasteiger partial charge in [0.15, 0.2) is 0 Å². The van der Waals surface area contributed by atoms with Gasteiger partial charge in [0, 0.05) is 34.6 Å². The minimum atomic E-state index is 0.350. The SMILES string of the molecule is CN1C2CCC1CC(Oc1ccc3c(c1)OC=C(Br)C3)C2. The first-order valence-electron chi connectivity index (χ1n) is 7.72. The third-order valence-corrected chi connectivity index (χ3v) is 5.54. The first-order valence-corrected chi connectivity index (χ1v) is 8.51. The maximum Gasteiger partial charge on any atom is 0.133 e. The van der Waals surface area contributed by atoms with Gasteiger partial charge in [0.25, 0.3) is 0 Å². The average molecular weight is 350 g/mol. The van der Waals surface area contributed by atoms with Crippen molar-refractivity contribution in [3.63, 3.8) is 0 Å². The van der Waals surface area contributed by atoms with E-state index in [1.54, 1.807) is 6.26 Å². The van der Waals surface area contributed by atoms with Crippen molar-refractivity contribution in [3.8, 4) is 11.5 Å². The number of hydrogen-bond donors (Lipinski definition) is 0. The molecule has 0 aliphatic carbocycles. The van der Waals surface area contributed by atoms with Gasteiger partial charge in [-0.1, -0.05) is 22.0 Å². The van der Waals surface area contributed by atoms with Gasteiger partial charge < -0.3 is 14.4 Å². The van der Waals surface area contributed by atoms with Crippen molar-refractivity contribution in [2.45, 2.75) is 50.3 Å². The highest BCUT2D eigenvalue weighted by molar-refractivity contribution is 9.11. The Morgan fingerprint density at radius 1 is 1.24 bits per heavy atom. The number of ether oxygens (including phenoxy) is 2. The van der Waals surface area contributed by atoms with Crippen LogP contribution in [-0.2, 0) is 6.42 Å². The molecule has 2 saturated heterocycles. The summed E-state index contributed by atoms with van der Waals surface area (Å²) in [7, 11) is 2.26. The number of allylic oxidation sites excluding steroid dienone is 1. The van der Waals surface area contributed by atoms with Gasteiger partial charge in [0.1, 0.15) is 23.9 Å². The van der Waals surface area contributed by atoms with Crippen molar-refractivity contribution < 1.29 is 9.47 Å². The minimum Gasteiger partial charge on any atom is -0.490 e. The van der Waals surface area contributed by atoms with Crippen molar-refractivity contribution in [2.24, 2.45) is 0 Å². The number of halogens is 1. The summed E-state index contributed by atoms with van der Waals surface area (Å²) in [5, 5.41) is 0. The Labute approximate surface area is 134 Å². The zero-order valence-corrected chi connectivity index (χ0v) is 13.8. The van der Waals surface area contributed by atoms with E-state index in [0.717, 1.165) is 35.2 Å². The molecule has 2 atom stereocenters. The highest BCUT2D eigenvalue weighted by Crippen LogP contribution is 2.37. The molecule has 0 N–H and O–H groups in total. The summed E-state index contributed by atoms with van der Waals surface area (Å²) in [5.74, 6) is 1.86. The molecule has 2 bridgehead atoms. The predicted molar refractivity (Wildman–Crippen MR) is 86.0 cm³/mol. The van der Waals surface area contributed by atoms with Gasteiger partial charge in [-0.2, -0.15) is 0 Å².